The zero-order valence-electron chi connectivity index (χ0n) is 17.2. The van der Waals surface area contributed by atoms with E-state index in [1.54, 1.807) is 30.2 Å². The molecule has 0 aromatic carbocycles. The summed E-state index contributed by atoms with van der Waals surface area (Å²) in [6, 6.07) is 5.70. The first kappa shape index (κ1) is 19.8. The van der Waals surface area contributed by atoms with E-state index in [-0.39, 0.29) is 12.0 Å². The van der Waals surface area contributed by atoms with Crippen LogP contribution in [0.5, 0.6) is 0 Å². The first-order valence-corrected chi connectivity index (χ1v) is 9.84. The second kappa shape index (κ2) is 8.08. The molecule has 3 aromatic heterocycles. The lowest BCUT2D eigenvalue weighted by molar-refractivity contribution is -0.110. The predicted molar refractivity (Wildman–Crippen MR) is 116 cm³/mol. The van der Waals surface area contributed by atoms with Crippen molar-refractivity contribution in [1.82, 2.24) is 19.7 Å². The van der Waals surface area contributed by atoms with E-state index in [0.717, 1.165) is 22.4 Å². The molecular weight excluding hydrogens is 380 g/mol. The van der Waals surface area contributed by atoms with Crippen molar-refractivity contribution in [2.75, 3.05) is 10.6 Å². The summed E-state index contributed by atoms with van der Waals surface area (Å²) in [5.74, 6) is 0.467. The molecule has 154 valence electrons. The minimum Gasteiger partial charge on any atom is -0.393 e. The van der Waals surface area contributed by atoms with Crippen molar-refractivity contribution in [3.05, 3.63) is 59.8 Å². The number of carbonyl (C=O) groups excluding carboxylic acids is 1. The van der Waals surface area contributed by atoms with Crippen molar-refractivity contribution in [2.24, 2.45) is 0 Å². The Kier molecular flexibility index (Phi) is 5.33. The molecule has 0 fully saturated rings. The molecule has 1 aliphatic rings. The zero-order valence-corrected chi connectivity index (χ0v) is 17.2. The molecule has 3 aromatic rings. The summed E-state index contributed by atoms with van der Waals surface area (Å²) in [6.07, 6.45) is 7.30. The standard InChI is InChI=1S/C22H24N6O2/c1-13-4-7-23-11-17(13)18-10-16-19(12-24-18)26-22(30)21(16)15(3)25-20-6-9-28(27-20)8-5-14(2)29/h4,6-7,9-12,14,29H,5,8H2,1-3H3,(H,25,27)(H,26,30)/b21-15-/t14-/m1/s1. The predicted octanol–water partition coefficient (Wildman–Crippen LogP) is 3.21. The molecule has 0 unspecified atom stereocenters. The number of pyridine rings is 2. The van der Waals surface area contributed by atoms with E-state index in [0.29, 0.717) is 35.7 Å². The van der Waals surface area contributed by atoms with Gasteiger partial charge < -0.3 is 15.7 Å². The number of carbonyl (C=O) groups is 1. The number of aliphatic hydroxyl groups excluding tert-OH is 1. The van der Waals surface area contributed by atoms with Gasteiger partial charge in [0.15, 0.2) is 5.82 Å². The fourth-order valence-corrected chi connectivity index (χ4v) is 3.45. The Hall–Kier alpha value is -3.52. The van der Waals surface area contributed by atoms with Crippen molar-refractivity contribution < 1.29 is 9.90 Å². The summed E-state index contributed by atoms with van der Waals surface area (Å²) in [4.78, 5) is 21.4. The fraction of sp³-hybridized carbons (Fsp3) is 0.273. The second-order valence-corrected chi connectivity index (χ2v) is 7.49. The minimum atomic E-state index is -0.376. The number of amides is 1. The number of rotatable bonds is 6. The van der Waals surface area contributed by atoms with Gasteiger partial charge in [-0.2, -0.15) is 5.10 Å². The van der Waals surface area contributed by atoms with Crippen molar-refractivity contribution in [2.45, 2.75) is 39.8 Å². The lowest BCUT2D eigenvalue weighted by Gasteiger charge is -2.09. The summed E-state index contributed by atoms with van der Waals surface area (Å²) in [5, 5.41) is 20.0. The minimum absolute atomic E-state index is 0.176. The molecule has 30 heavy (non-hydrogen) atoms. The molecular formula is C22H24N6O2. The first-order valence-electron chi connectivity index (χ1n) is 9.84. The average Bonchev–Trinajstić information content (AvgIpc) is 3.29. The van der Waals surface area contributed by atoms with Gasteiger partial charge in [0.25, 0.3) is 5.91 Å². The molecule has 8 nitrogen and oxygen atoms in total. The number of fused-ring (bicyclic) bond motifs is 1. The largest absolute Gasteiger partial charge is 0.393 e. The maximum Gasteiger partial charge on any atom is 0.258 e. The van der Waals surface area contributed by atoms with Gasteiger partial charge in [-0.25, -0.2) is 0 Å². The number of anilines is 2. The summed E-state index contributed by atoms with van der Waals surface area (Å²) < 4.78 is 1.77. The summed E-state index contributed by atoms with van der Waals surface area (Å²) in [7, 11) is 0. The summed E-state index contributed by atoms with van der Waals surface area (Å²) >= 11 is 0. The molecule has 0 saturated carbocycles. The van der Waals surface area contributed by atoms with Gasteiger partial charge in [-0.05, 0) is 44.9 Å². The van der Waals surface area contributed by atoms with E-state index in [9.17, 15) is 9.90 Å². The van der Waals surface area contributed by atoms with E-state index in [4.69, 9.17) is 0 Å². The SMILES string of the molecule is C/C(Nc1ccn(CC[C@@H](C)O)n1)=C1/C(=O)Nc2cnc(-c3cnccc3C)cc21. The number of aryl methyl sites for hydroxylation is 2. The van der Waals surface area contributed by atoms with Crippen LogP contribution in [-0.2, 0) is 11.3 Å². The highest BCUT2D eigenvalue weighted by Crippen LogP contribution is 2.36. The van der Waals surface area contributed by atoms with Crippen LogP contribution in [0, 0.1) is 6.92 Å². The third kappa shape index (κ3) is 3.95. The maximum absolute atomic E-state index is 12.7. The Labute approximate surface area is 174 Å². The monoisotopic (exact) mass is 404 g/mol. The number of nitrogens with one attached hydrogen (secondary N) is 2. The zero-order chi connectivity index (χ0) is 21.3. The molecule has 0 aliphatic carbocycles. The average molecular weight is 404 g/mol. The molecule has 1 aliphatic heterocycles. The molecule has 0 radical (unpaired) electrons. The highest BCUT2D eigenvalue weighted by atomic mass is 16.3. The summed E-state index contributed by atoms with van der Waals surface area (Å²) in [6.45, 7) is 6.24. The molecule has 1 atom stereocenters. The number of allylic oxidation sites excluding steroid dienone is 1. The number of nitrogens with zero attached hydrogens (tertiary/aromatic N) is 4. The Morgan fingerprint density at radius 1 is 1.30 bits per heavy atom. The normalized spacial score (nSPS) is 15.5. The fourth-order valence-electron chi connectivity index (χ4n) is 3.45. The third-order valence-electron chi connectivity index (χ3n) is 5.07. The molecule has 1 amide bonds. The lowest BCUT2D eigenvalue weighted by Crippen LogP contribution is -2.10. The number of aromatic nitrogens is 4. The Balaban J connectivity index is 1.64. The molecule has 8 heteroatoms. The summed E-state index contributed by atoms with van der Waals surface area (Å²) in [5.41, 5.74) is 5.51. The van der Waals surface area contributed by atoms with Crippen molar-refractivity contribution in [3.63, 3.8) is 0 Å². The highest BCUT2D eigenvalue weighted by Gasteiger charge is 2.27. The van der Waals surface area contributed by atoms with Gasteiger partial charge in [0.2, 0.25) is 0 Å². The topological polar surface area (TPSA) is 105 Å². The van der Waals surface area contributed by atoms with Gasteiger partial charge in [0.1, 0.15) is 0 Å². The second-order valence-electron chi connectivity index (χ2n) is 7.49. The van der Waals surface area contributed by atoms with Crippen LogP contribution in [0.1, 0.15) is 31.4 Å². The van der Waals surface area contributed by atoms with E-state index >= 15 is 0 Å². The van der Waals surface area contributed by atoms with Crippen LogP contribution in [0.25, 0.3) is 16.8 Å². The van der Waals surface area contributed by atoms with Gasteiger partial charge >= 0.3 is 0 Å². The molecule has 4 rings (SSSR count). The van der Waals surface area contributed by atoms with E-state index in [1.165, 1.54) is 0 Å². The Morgan fingerprint density at radius 2 is 2.13 bits per heavy atom. The van der Waals surface area contributed by atoms with Crippen LogP contribution in [0.4, 0.5) is 11.5 Å². The number of aliphatic hydroxyl groups is 1. The van der Waals surface area contributed by atoms with Gasteiger partial charge in [-0.3, -0.25) is 19.4 Å². The van der Waals surface area contributed by atoms with E-state index < -0.39 is 0 Å². The Bertz CT molecular complexity index is 1130. The number of hydrogen-bond donors (Lipinski definition) is 3. The molecule has 0 bridgehead atoms. The van der Waals surface area contributed by atoms with Gasteiger partial charge in [-0.15, -0.1) is 0 Å². The van der Waals surface area contributed by atoms with Crippen molar-refractivity contribution in [1.29, 1.82) is 0 Å². The highest BCUT2D eigenvalue weighted by molar-refractivity contribution is 6.32. The number of hydrogen-bond acceptors (Lipinski definition) is 6. The van der Waals surface area contributed by atoms with Gasteiger partial charge in [-0.1, -0.05) is 0 Å². The van der Waals surface area contributed by atoms with E-state index in [1.807, 2.05) is 38.2 Å². The molecule has 0 spiro atoms. The lowest BCUT2D eigenvalue weighted by atomic mass is 10.0. The van der Waals surface area contributed by atoms with Crippen LogP contribution >= 0.6 is 0 Å². The van der Waals surface area contributed by atoms with Crippen LogP contribution in [0.2, 0.25) is 0 Å². The smallest absolute Gasteiger partial charge is 0.258 e. The molecule has 0 saturated heterocycles. The molecule has 4 heterocycles. The van der Waals surface area contributed by atoms with Gasteiger partial charge in [0.05, 0.1) is 29.3 Å². The van der Waals surface area contributed by atoms with Crippen LogP contribution < -0.4 is 10.6 Å². The van der Waals surface area contributed by atoms with Crippen LogP contribution in [0.15, 0.2) is 48.7 Å². The van der Waals surface area contributed by atoms with Crippen molar-refractivity contribution >= 4 is 23.0 Å². The van der Waals surface area contributed by atoms with Crippen molar-refractivity contribution in [3.8, 4) is 11.3 Å². The first-order chi connectivity index (χ1) is 14.4. The van der Waals surface area contributed by atoms with Crippen LogP contribution in [0.3, 0.4) is 0 Å². The van der Waals surface area contributed by atoms with E-state index in [2.05, 4.69) is 25.7 Å². The Morgan fingerprint density at radius 3 is 2.90 bits per heavy atom. The quantitative estimate of drug-likeness (QED) is 0.545. The maximum atomic E-state index is 12.7. The van der Waals surface area contributed by atoms with Crippen LogP contribution in [-0.4, -0.2) is 36.9 Å². The van der Waals surface area contributed by atoms with Gasteiger partial charge in [0, 0.05) is 48.0 Å². The molecule has 3 N–H and O–H groups in total. The third-order valence-corrected chi connectivity index (χ3v) is 5.07.